The van der Waals surface area contributed by atoms with Gasteiger partial charge in [-0.3, -0.25) is 0 Å². The van der Waals surface area contributed by atoms with Crippen molar-refractivity contribution in [1.29, 1.82) is 0 Å². The number of rotatable bonds is 0. The van der Waals surface area contributed by atoms with Crippen molar-refractivity contribution in [1.82, 2.24) is 0 Å². The van der Waals surface area contributed by atoms with Crippen LogP contribution < -0.4 is 5.32 Å². The molecule has 0 aromatic carbocycles. The fourth-order valence-corrected chi connectivity index (χ4v) is 2.65. The van der Waals surface area contributed by atoms with Gasteiger partial charge < -0.3 is 10.4 Å². The summed E-state index contributed by atoms with van der Waals surface area (Å²) in [6, 6.07) is 0.757. The first-order valence-corrected chi connectivity index (χ1v) is 4.89. The topological polar surface area (TPSA) is 36.8 Å². The third kappa shape index (κ3) is 1.42. The molecule has 3 N–H and O–H groups in total. The lowest BCUT2D eigenvalue weighted by atomic mass is 9.78. The van der Waals surface area contributed by atoms with Crippen molar-refractivity contribution in [3.63, 3.8) is 0 Å². The van der Waals surface area contributed by atoms with E-state index >= 15 is 0 Å². The first-order chi connectivity index (χ1) is 5.38. The molecule has 0 bridgehead atoms. The fraction of sp³-hybridized carbons (Fsp3) is 1.00. The molecule has 0 aromatic heterocycles. The molecule has 64 valence electrons. The van der Waals surface area contributed by atoms with Gasteiger partial charge in [-0.1, -0.05) is 6.42 Å². The van der Waals surface area contributed by atoms with Crippen molar-refractivity contribution in [2.75, 3.05) is 6.54 Å². The molecule has 2 nitrogen and oxygen atoms in total. The molecule has 1 heterocycles. The standard InChI is InChI=1S/C9H17NO/c11-9-5-6-10-8-4-2-1-3-7(8)9/h7-11H,1-6H2/p+1/t7-,8+,9+/m0/s1. The van der Waals surface area contributed by atoms with E-state index in [2.05, 4.69) is 5.32 Å². The highest BCUT2D eigenvalue weighted by Crippen LogP contribution is 2.27. The maximum Gasteiger partial charge on any atom is 0.0912 e. The Balaban J connectivity index is 1.99. The predicted molar refractivity (Wildman–Crippen MR) is 43.2 cm³/mol. The Kier molecular flexibility index (Phi) is 2.14. The van der Waals surface area contributed by atoms with E-state index in [1.807, 2.05) is 0 Å². The first kappa shape index (κ1) is 7.56. The van der Waals surface area contributed by atoms with Crippen molar-refractivity contribution in [2.24, 2.45) is 5.92 Å². The van der Waals surface area contributed by atoms with Crippen LogP contribution in [0.1, 0.15) is 32.1 Å². The molecule has 2 fully saturated rings. The summed E-state index contributed by atoms with van der Waals surface area (Å²) in [5.74, 6) is 0.623. The number of piperidine rings is 1. The average molecular weight is 156 g/mol. The summed E-state index contributed by atoms with van der Waals surface area (Å²) in [5.41, 5.74) is 0. The zero-order chi connectivity index (χ0) is 7.68. The van der Waals surface area contributed by atoms with Crippen molar-refractivity contribution < 1.29 is 10.4 Å². The van der Waals surface area contributed by atoms with Crippen LogP contribution in [0.15, 0.2) is 0 Å². The lowest BCUT2D eigenvalue weighted by Gasteiger charge is -2.36. The minimum atomic E-state index is 0.0188. The molecule has 1 saturated heterocycles. The van der Waals surface area contributed by atoms with E-state index in [4.69, 9.17) is 0 Å². The van der Waals surface area contributed by atoms with Gasteiger partial charge >= 0.3 is 0 Å². The molecule has 1 saturated carbocycles. The summed E-state index contributed by atoms with van der Waals surface area (Å²) in [7, 11) is 0. The van der Waals surface area contributed by atoms with Crippen LogP contribution in [0.3, 0.4) is 0 Å². The number of aliphatic hydroxyl groups is 1. The molecule has 0 amide bonds. The molecule has 3 atom stereocenters. The summed E-state index contributed by atoms with van der Waals surface area (Å²) < 4.78 is 0. The van der Waals surface area contributed by atoms with Gasteiger partial charge in [-0.2, -0.15) is 0 Å². The molecule has 2 heteroatoms. The Bertz CT molecular complexity index is 136. The van der Waals surface area contributed by atoms with Crippen molar-refractivity contribution >= 4 is 0 Å². The van der Waals surface area contributed by atoms with E-state index < -0.39 is 0 Å². The second-order valence-corrected chi connectivity index (χ2v) is 3.99. The molecule has 2 aliphatic rings. The first-order valence-electron chi connectivity index (χ1n) is 4.89. The van der Waals surface area contributed by atoms with E-state index in [0.29, 0.717) is 5.92 Å². The van der Waals surface area contributed by atoms with Gasteiger partial charge in [0.05, 0.1) is 18.7 Å². The summed E-state index contributed by atoms with van der Waals surface area (Å²) in [5, 5.41) is 12.1. The van der Waals surface area contributed by atoms with Crippen LogP contribution in [0.4, 0.5) is 0 Å². The largest absolute Gasteiger partial charge is 0.392 e. The predicted octanol–water partition coefficient (Wildman–Crippen LogP) is -0.127. The lowest BCUT2D eigenvalue weighted by Crippen LogP contribution is -2.94. The van der Waals surface area contributed by atoms with Crippen LogP contribution in [0.25, 0.3) is 0 Å². The number of hydrogen-bond donors (Lipinski definition) is 2. The van der Waals surface area contributed by atoms with Crippen LogP contribution in [0.5, 0.6) is 0 Å². The van der Waals surface area contributed by atoms with E-state index in [1.165, 1.54) is 25.7 Å². The SMILES string of the molecule is O[C@@H]1CC[NH2+][C@@H]2CCCC[C@H]12. The van der Waals surface area contributed by atoms with Crippen molar-refractivity contribution in [2.45, 2.75) is 44.2 Å². The Morgan fingerprint density at radius 2 is 1.91 bits per heavy atom. The Morgan fingerprint density at radius 3 is 2.73 bits per heavy atom. The second kappa shape index (κ2) is 3.11. The van der Waals surface area contributed by atoms with Gasteiger partial charge in [0.15, 0.2) is 0 Å². The van der Waals surface area contributed by atoms with Gasteiger partial charge in [0.1, 0.15) is 0 Å². The fourth-order valence-electron chi connectivity index (χ4n) is 2.65. The minimum Gasteiger partial charge on any atom is -0.392 e. The van der Waals surface area contributed by atoms with Crippen molar-refractivity contribution in [3.8, 4) is 0 Å². The Hall–Kier alpha value is -0.0800. The number of fused-ring (bicyclic) bond motifs is 1. The smallest absolute Gasteiger partial charge is 0.0912 e. The average Bonchev–Trinajstić information content (AvgIpc) is 2.06. The van der Waals surface area contributed by atoms with Gasteiger partial charge in [-0.05, 0) is 19.3 Å². The zero-order valence-electron chi connectivity index (χ0n) is 7.00. The third-order valence-corrected chi connectivity index (χ3v) is 3.30. The van der Waals surface area contributed by atoms with Crippen molar-refractivity contribution in [3.05, 3.63) is 0 Å². The molecular weight excluding hydrogens is 138 g/mol. The second-order valence-electron chi connectivity index (χ2n) is 3.99. The summed E-state index contributed by atoms with van der Waals surface area (Å²) >= 11 is 0. The minimum absolute atomic E-state index is 0.0188. The lowest BCUT2D eigenvalue weighted by molar-refractivity contribution is -0.710. The molecule has 1 aliphatic heterocycles. The van der Waals surface area contributed by atoms with Gasteiger partial charge in [0.2, 0.25) is 0 Å². The maximum absolute atomic E-state index is 9.68. The molecule has 0 aromatic rings. The molecule has 0 unspecified atom stereocenters. The maximum atomic E-state index is 9.68. The third-order valence-electron chi connectivity index (χ3n) is 3.30. The van der Waals surface area contributed by atoms with Crippen LogP contribution >= 0.6 is 0 Å². The number of aliphatic hydroxyl groups excluding tert-OH is 1. The Morgan fingerprint density at radius 1 is 1.09 bits per heavy atom. The van der Waals surface area contributed by atoms with E-state index in [-0.39, 0.29) is 6.10 Å². The zero-order valence-corrected chi connectivity index (χ0v) is 7.00. The van der Waals surface area contributed by atoms with Gasteiger partial charge in [-0.15, -0.1) is 0 Å². The molecular formula is C9H18NO+. The number of nitrogens with two attached hydrogens (primary N) is 1. The highest BCUT2D eigenvalue weighted by atomic mass is 16.3. The highest BCUT2D eigenvalue weighted by molar-refractivity contribution is 4.81. The van der Waals surface area contributed by atoms with Crippen LogP contribution in [-0.4, -0.2) is 23.8 Å². The molecule has 11 heavy (non-hydrogen) atoms. The summed E-state index contributed by atoms with van der Waals surface area (Å²) in [6.07, 6.45) is 6.35. The molecule has 2 rings (SSSR count). The monoisotopic (exact) mass is 156 g/mol. The van der Waals surface area contributed by atoms with Gasteiger partial charge in [0, 0.05) is 12.3 Å². The Labute approximate surface area is 68.0 Å². The molecule has 1 aliphatic carbocycles. The van der Waals surface area contributed by atoms with E-state index in [1.54, 1.807) is 0 Å². The van der Waals surface area contributed by atoms with Gasteiger partial charge in [-0.25, -0.2) is 0 Å². The van der Waals surface area contributed by atoms with Gasteiger partial charge in [0.25, 0.3) is 0 Å². The molecule has 0 spiro atoms. The van der Waals surface area contributed by atoms with E-state index in [9.17, 15) is 5.11 Å². The van der Waals surface area contributed by atoms with Crippen LogP contribution in [0, 0.1) is 5.92 Å². The number of quaternary nitrogens is 1. The van der Waals surface area contributed by atoms with Crippen LogP contribution in [-0.2, 0) is 0 Å². The van der Waals surface area contributed by atoms with Crippen LogP contribution in [0.2, 0.25) is 0 Å². The van der Waals surface area contributed by atoms with E-state index in [0.717, 1.165) is 19.0 Å². The highest BCUT2D eigenvalue weighted by Gasteiger charge is 2.36. The molecule has 0 radical (unpaired) electrons. The summed E-state index contributed by atoms with van der Waals surface area (Å²) in [4.78, 5) is 0. The quantitative estimate of drug-likeness (QED) is 0.504. The number of hydrogen-bond acceptors (Lipinski definition) is 1. The summed E-state index contributed by atoms with van der Waals surface area (Å²) in [6.45, 7) is 1.14. The normalized spacial score (nSPS) is 45.0.